The summed E-state index contributed by atoms with van der Waals surface area (Å²) < 4.78 is 13.3. The van der Waals surface area contributed by atoms with Crippen molar-refractivity contribution in [3.05, 3.63) is 57.5 Å². The molecular formula is C22H20ClN3O4S. The molecule has 4 aromatic rings. The molecule has 0 N–H and O–H groups in total. The number of aryl methyl sites for hydroxylation is 1. The summed E-state index contributed by atoms with van der Waals surface area (Å²) >= 11 is 7.62. The molecule has 0 radical (unpaired) electrons. The van der Waals surface area contributed by atoms with E-state index >= 15 is 0 Å². The maximum absolute atomic E-state index is 13.4. The van der Waals surface area contributed by atoms with E-state index in [-0.39, 0.29) is 18.6 Å². The van der Waals surface area contributed by atoms with E-state index in [4.69, 9.17) is 25.7 Å². The van der Waals surface area contributed by atoms with Crippen molar-refractivity contribution < 1.29 is 13.9 Å². The molecule has 7 nitrogen and oxygen atoms in total. The van der Waals surface area contributed by atoms with Gasteiger partial charge in [0, 0.05) is 11.6 Å². The second-order valence-electron chi connectivity index (χ2n) is 7.63. The highest BCUT2D eigenvalue weighted by Gasteiger charge is 2.27. The second kappa shape index (κ2) is 8.11. The number of ether oxygens (including phenoxy) is 1. The van der Waals surface area contributed by atoms with Gasteiger partial charge in [0.1, 0.15) is 6.54 Å². The van der Waals surface area contributed by atoms with Gasteiger partial charge < -0.3 is 9.15 Å². The lowest BCUT2D eigenvalue weighted by Gasteiger charge is -2.23. The van der Waals surface area contributed by atoms with Crippen molar-refractivity contribution in [1.82, 2.24) is 9.55 Å². The van der Waals surface area contributed by atoms with Crippen LogP contribution in [-0.2, 0) is 16.1 Å². The van der Waals surface area contributed by atoms with Gasteiger partial charge in [-0.3, -0.25) is 14.3 Å². The normalized spacial score (nSPS) is 16.4. The lowest BCUT2D eigenvalue weighted by atomic mass is 10.2. The molecule has 3 heterocycles. The largest absolute Gasteiger partial charge is 0.420 e. The van der Waals surface area contributed by atoms with E-state index in [0.29, 0.717) is 34.4 Å². The van der Waals surface area contributed by atoms with Crippen molar-refractivity contribution in [2.45, 2.75) is 32.4 Å². The summed E-state index contributed by atoms with van der Waals surface area (Å²) in [7, 11) is 0. The first kappa shape index (κ1) is 20.2. The molecule has 1 atom stereocenters. The molecule has 1 aliphatic rings. The minimum absolute atomic E-state index is 0.0570. The summed E-state index contributed by atoms with van der Waals surface area (Å²) in [6.07, 6.45) is 1.79. The number of anilines is 1. The van der Waals surface area contributed by atoms with Crippen LogP contribution in [0.3, 0.4) is 0 Å². The molecule has 9 heteroatoms. The number of rotatable bonds is 5. The molecule has 0 spiro atoms. The summed E-state index contributed by atoms with van der Waals surface area (Å²) in [4.78, 5) is 32.2. The van der Waals surface area contributed by atoms with Crippen LogP contribution in [0.2, 0.25) is 5.02 Å². The van der Waals surface area contributed by atoms with Crippen LogP contribution in [0, 0.1) is 6.92 Å². The van der Waals surface area contributed by atoms with Gasteiger partial charge in [-0.05, 0) is 49.6 Å². The standard InChI is InChI=1S/C22H20ClN3O4S/c1-13-9-14(23)10-18-20(13)24-21(31-18)26(11-15-5-4-8-29-15)19(27)12-25-16-6-2-3-7-17(16)30-22(25)28/h2-3,6-7,9-10,15H,4-5,8,11-12H2,1H3. The van der Waals surface area contributed by atoms with E-state index in [0.717, 1.165) is 28.6 Å². The first-order valence-electron chi connectivity index (χ1n) is 10.1. The third kappa shape index (κ3) is 3.86. The summed E-state index contributed by atoms with van der Waals surface area (Å²) in [5.74, 6) is -0.800. The fraction of sp³-hybridized carbons (Fsp3) is 0.318. The highest BCUT2D eigenvalue weighted by Crippen LogP contribution is 2.34. The number of carbonyl (C=O) groups is 1. The van der Waals surface area contributed by atoms with Crippen molar-refractivity contribution in [2.75, 3.05) is 18.1 Å². The predicted octanol–water partition coefficient (Wildman–Crippen LogP) is 4.38. The van der Waals surface area contributed by atoms with Gasteiger partial charge in [0.15, 0.2) is 10.7 Å². The van der Waals surface area contributed by atoms with Gasteiger partial charge in [0.2, 0.25) is 5.91 Å². The monoisotopic (exact) mass is 457 g/mol. The smallest absolute Gasteiger partial charge is 0.408 e. The third-order valence-corrected chi connectivity index (χ3v) is 6.69. The van der Waals surface area contributed by atoms with E-state index in [2.05, 4.69) is 0 Å². The number of benzene rings is 2. The topological polar surface area (TPSA) is 77.6 Å². The molecule has 1 aliphatic heterocycles. The number of fused-ring (bicyclic) bond motifs is 2. The summed E-state index contributed by atoms with van der Waals surface area (Å²) in [6.45, 7) is 2.88. The predicted molar refractivity (Wildman–Crippen MR) is 121 cm³/mol. The number of hydrogen-bond donors (Lipinski definition) is 0. The van der Waals surface area contributed by atoms with Gasteiger partial charge in [0.25, 0.3) is 0 Å². The van der Waals surface area contributed by atoms with Crippen LogP contribution in [0.1, 0.15) is 18.4 Å². The van der Waals surface area contributed by atoms with E-state index in [1.165, 1.54) is 15.9 Å². The Kier molecular flexibility index (Phi) is 5.29. The Morgan fingerprint density at radius 3 is 3.00 bits per heavy atom. The number of aromatic nitrogens is 2. The van der Waals surface area contributed by atoms with Crippen LogP contribution < -0.4 is 10.7 Å². The molecule has 0 bridgehead atoms. The Morgan fingerprint density at radius 1 is 1.35 bits per heavy atom. The van der Waals surface area contributed by atoms with Crippen LogP contribution in [0.25, 0.3) is 21.3 Å². The summed E-state index contributed by atoms with van der Waals surface area (Å²) in [6, 6.07) is 10.8. The molecule has 1 amide bonds. The number of halogens is 1. The maximum Gasteiger partial charge on any atom is 0.420 e. The number of carbonyl (C=O) groups excluding carboxylic acids is 1. The fourth-order valence-corrected chi connectivity index (χ4v) is 5.37. The number of hydrogen-bond acceptors (Lipinski definition) is 6. The fourth-order valence-electron chi connectivity index (χ4n) is 3.92. The molecule has 0 aliphatic carbocycles. The molecular weight excluding hydrogens is 438 g/mol. The molecule has 31 heavy (non-hydrogen) atoms. The summed E-state index contributed by atoms with van der Waals surface area (Å²) in [5.41, 5.74) is 2.81. The molecule has 0 saturated carbocycles. The minimum atomic E-state index is -0.557. The van der Waals surface area contributed by atoms with Crippen molar-refractivity contribution in [2.24, 2.45) is 0 Å². The zero-order valence-electron chi connectivity index (χ0n) is 16.8. The van der Waals surface area contributed by atoms with Gasteiger partial charge in [-0.2, -0.15) is 0 Å². The van der Waals surface area contributed by atoms with Gasteiger partial charge in [-0.25, -0.2) is 9.78 Å². The van der Waals surface area contributed by atoms with Crippen LogP contribution >= 0.6 is 22.9 Å². The third-order valence-electron chi connectivity index (χ3n) is 5.45. The first-order chi connectivity index (χ1) is 15.0. The summed E-state index contributed by atoms with van der Waals surface area (Å²) in [5, 5.41) is 1.20. The van der Waals surface area contributed by atoms with Crippen molar-refractivity contribution >= 4 is 55.3 Å². The molecule has 160 valence electrons. The van der Waals surface area contributed by atoms with Gasteiger partial charge in [-0.1, -0.05) is 35.1 Å². The Balaban J connectivity index is 1.52. The lowest BCUT2D eigenvalue weighted by molar-refractivity contribution is -0.119. The van der Waals surface area contributed by atoms with E-state index in [1.54, 1.807) is 23.1 Å². The van der Waals surface area contributed by atoms with Crippen LogP contribution in [-0.4, -0.2) is 34.7 Å². The average Bonchev–Trinajstić information content (AvgIpc) is 3.46. The zero-order chi connectivity index (χ0) is 21.5. The molecule has 2 aromatic carbocycles. The van der Waals surface area contributed by atoms with Crippen molar-refractivity contribution in [3.63, 3.8) is 0 Å². The molecule has 5 rings (SSSR count). The molecule has 2 aromatic heterocycles. The SMILES string of the molecule is Cc1cc(Cl)cc2sc(N(CC3CCCO3)C(=O)Cn3c(=O)oc4ccccc43)nc12. The highest BCUT2D eigenvalue weighted by molar-refractivity contribution is 7.22. The van der Waals surface area contributed by atoms with E-state index in [9.17, 15) is 9.59 Å². The first-order valence-corrected chi connectivity index (χ1v) is 11.3. The van der Waals surface area contributed by atoms with Gasteiger partial charge >= 0.3 is 5.76 Å². The van der Waals surface area contributed by atoms with Crippen molar-refractivity contribution in [1.29, 1.82) is 0 Å². The van der Waals surface area contributed by atoms with Gasteiger partial charge in [0.05, 0.1) is 28.4 Å². The quantitative estimate of drug-likeness (QED) is 0.444. The number of para-hydroxylation sites is 2. The Morgan fingerprint density at radius 2 is 2.19 bits per heavy atom. The highest BCUT2D eigenvalue weighted by atomic mass is 35.5. The Hall–Kier alpha value is -2.68. The molecule has 1 saturated heterocycles. The van der Waals surface area contributed by atoms with Gasteiger partial charge in [-0.15, -0.1) is 0 Å². The van der Waals surface area contributed by atoms with Crippen molar-refractivity contribution in [3.8, 4) is 0 Å². The number of thiazole rings is 1. The van der Waals surface area contributed by atoms with Crippen LogP contribution in [0.15, 0.2) is 45.6 Å². The molecule has 1 unspecified atom stereocenters. The lowest BCUT2D eigenvalue weighted by Crippen LogP contribution is -2.40. The van der Waals surface area contributed by atoms with Crippen LogP contribution in [0.5, 0.6) is 0 Å². The Bertz CT molecular complexity index is 1340. The number of amides is 1. The van der Waals surface area contributed by atoms with Crippen LogP contribution in [0.4, 0.5) is 5.13 Å². The van der Waals surface area contributed by atoms with E-state index in [1.807, 2.05) is 25.1 Å². The maximum atomic E-state index is 13.4. The second-order valence-corrected chi connectivity index (χ2v) is 9.07. The number of oxazole rings is 1. The Labute approximate surface area is 186 Å². The minimum Gasteiger partial charge on any atom is -0.408 e. The van der Waals surface area contributed by atoms with E-state index < -0.39 is 5.76 Å². The molecule has 1 fully saturated rings. The number of nitrogens with zero attached hydrogens (tertiary/aromatic N) is 3. The average molecular weight is 458 g/mol. The zero-order valence-corrected chi connectivity index (χ0v) is 18.4.